The summed E-state index contributed by atoms with van der Waals surface area (Å²) >= 11 is 0. The molecule has 0 N–H and O–H groups in total. The Kier molecular flexibility index (Phi) is 55.6. The van der Waals surface area contributed by atoms with Crippen LogP contribution < -0.4 is 0 Å². The van der Waals surface area contributed by atoms with Crippen molar-refractivity contribution in [2.75, 3.05) is 13.2 Å². The van der Waals surface area contributed by atoms with E-state index in [0.29, 0.717) is 19.3 Å². The molecule has 0 saturated carbocycles. The largest absolute Gasteiger partial charge is 0.462 e. The molecule has 0 radical (unpaired) electrons. The zero-order chi connectivity index (χ0) is 48.6. The van der Waals surface area contributed by atoms with Crippen LogP contribution in [0.1, 0.15) is 355 Å². The van der Waals surface area contributed by atoms with Crippen molar-refractivity contribution in [3.63, 3.8) is 0 Å². The average Bonchev–Trinajstić information content (AvgIpc) is 3.33. The highest BCUT2D eigenvalue weighted by Gasteiger charge is 2.19. The number of carbonyl (C=O) groups excluding carboxylic acids is 3. The quantitative estimate of drug-likeness (QED) is 0.0343. The standard InChI is InChI=1S/C61H118O6/c1-4-7-10-13-16-19-21-23-25-27-29-30-31-33-34-36-38-40-42-45-48-51-54-60(63)66-57-58(56-65-59(62)53-50-47-44-18-15-12-9-6-3)67-61(64)55-52-49-46-43-41-39-37-35-32-28-26-24-22-20-17-14-11-8-5-2/h58H,4-57H2,1-3H3. The fourth-order valence-electron chi connectivity index (χ4n) is 9.51. The number of rotatable bonds is 57. The third-order valence-electron chi connectivity index (χ3n) is 14.1. The Morgan fingerprint density at radius 1 is 0.239 bits per heavy atom. The van der Waals surface area contributed by atoms with Crippen LogP contribution in [-0.4, -0.2) is 37.2 Å². The number of ether oxygens (including phenoxy) is 3. The van der Waals surface area contributed by atoms with Gasteiger partial charge in [-0.05, 0) is 19.3 Å². The second-order valence-electron chi connectivity index (χ2n) is 21.0. The monoisotopic (exact) mass is 947 g/mol. The van der Waals surface area contributed by atoms with E-state index >= 15 is 0 Å². The Balaban J connectivity index is 4.12. The molecule has 0 bridgehead atoms. The molecule has 0 heterocycles. The van der Waals surface area contributed by atoms with Crippen LogP contribution in [-0.2, 0) is 28.6 Å². The molecule has 0 aliphatic carbocycles. The minimum atomic E-state index is -0.760. The van der Waals surface area contributed by atoms with Gasteiger partial charge in [0, 0.05) is 19.3 Å². The summed E-state index contributed by atoms with van der Waals surface area (Å²) in [4.78, 5) is 38.0. The summed E-state index contributed by atoms with van der Waals surface area (Å²) in [7, 11) is 0. The van der Waals surface area contributed by atoms with Crippen LogP contribution in [0.2, 0.25) is 0 Å². The fraction of sp³-hybridized carbons (Fsp3) is 0.951. The number of esters is 3. The minimum Gasteiger partial charge on any atom is -0.462 e. The molecular formula is C61H118O6. The summed E-state index contributed by atoms with van der Waals surface area (Å²) in [6.45, 7) is 6.69. The molecule has 0 aromatic rings. The number of carbonyl (C=O) groups is 3. The molecule has 6 nitrogen and oxygen atoms in total. The van der Waals surface area contributed by atoms with Crippen LogP contribution in [0.15, 0.2) is 0 Å². The van der Waals surface area contributed by atoms with E-state index in [2.05, 4.69) is 20.8 Å². The SMILES string of the molecule is CCCCCCCCCCCCCCCCCCCCCCCCC(=O)OCC(COC(=O)CCCCCCCCCC)OC(=O)CCCCCCCCCCCCCCCCCCCCC. The molecule has 67 heavy (non-hydrogen) atoms. The highest BCUT2D eigenvalue weighted by Crippen LogP contribution is 2.18. The van der Waals surface area contributed by atoms with Crippen molar-refractivity contribution in [2.45, 2.75) is 361 Å². The van der Waals surface area contributed by atoms with Gasteiger partial charge in [-0.15, -0.1) is 0 Å². The highest BCUT2D eigenvalue weighted by atomic mass is 16.6. The summed E-state index contributed by atoms with van der Waals surface area (Å²) in [5.41, 5.74) is 0. The zero-order valence-electron chi connectivity index (χ0n) is 45.7. The molecule has 0 aromatic carbocycles. The van der Waals surface area contributed by atoms with Crippen molar-refractivity contribution in [1.82, 2.24) is 0 Å². The molecule has 0 aromatic heterocycles. The topological polar surface area (TPSA) is 78.9 Å². The van der Waals surface area contributed by atoms with Gasteiger partial charge in [0.25, 0.3) is 0 Å². The highest BCUT2D eigenvalue weighted by molar-refractivity contribution is 5.71. The Morgan fingerprint density at radius 3 is 0.597 bits per heavy atom. The molecule has 1 atom stereocenters. The normalized spacial score (nSPS) is 11.9. The van der Waals surface area contributed by atoms with Crippen LogP contribution in [0.25, 0.3) is 0 Å². The smallest absolute Gasteiger partial charge is 0.306 e. The fourth-order valence-corrected chi connectivity index (χ4v) is 9.51. The van der Waals surface area contributed by atoms with E-state index in [-0.39, 0.29) is 31.1 Å². The maximum atomic E-state index is 12.8. The number of hydrogen-bond donors (Lipinski definition) is 0. The van der Waals surface area contributed by atoms with Crippen molar-refractivity contribution in [2.24, 2.45) is 0 Å². The van der Waals surface area contributed by atoms with Gasteiger partial charge in [0.05, 0.1) is 0 Å². The molecule has 1 unspecified atom stereocenters. The Morgan fingerprint density at radius 2 is 0.403 bits per heavy atom. The molecule has 0 rings (SSSR count). The second-order valence-corrected chi connectivity index (χ2v) is 21.0. The number of unbranched alkanes of at least 4 members (excludes halogenated alkanes) is 46. The minimum absolute atomic E-state index is 0.0614. The molecule has 0 aliphatic heterocycles. The molecular weight excluding hydrogens is 829 g/mol. The van der Waals surface area contributed by atoms with Crippen molar-refractivity contribution >= 4 is 17.9 Å². The second kappa shape index (κ2) is 57.0. The summed E-state index contributed by atoms with van der Waals surface area (Å²) < 4.78 is 16.9. The van der Waals surface area contributed by atoms with Crippen LogP contribution in [0.5, 0.6) is 0 Å². The maximum Gasteiger partial charge on any atom is 0.306 e. The summed E-state index contributed by atoms with van der Waals surface area (Å²) in [5.74, 6) is -0.836. The Bertz CT molecular complexity index is 998. The lowest BCUT2D eigenvalue weighted by atomic mass is 10.0. The number of hydrogen-bond acceptors (Lipinski definition) is 6. The first-order valence-electron chi connectivity index (χ1n) is 30.5. The van der Waals surface area contributed by atoms with Gasteiger partial charge in [-0.2, -0.15) is 0 Å². The Labute approximate surface area is 418 Å². The maximum absolute atomic E-state index is 12.8. The van der Waals surface area contributed by atoms with Gasteiger partial charge in [0.15, 0.2) is 6.10 Å². The lowest BCUT2D eigenvalue weighted by Gasteiger charge is -2.18. The third kappa shape index (κ3) is 55.2. The van der Waals surface area contributed by atoms with Crippen molar-refractivity contribution < 1.29 is 28.6 Å². The van der Waals surface area contributed by atoms with Gasteiger partial charge < -0.3 is 14.2 Å². The molecule has 0 aliphatic rings. The lowest BCUT2D eigenvalue weighted by molar-refractivity contribution is -0.167. The molecule has 0 fully saturated rings. The van der Waals surface area contributed by atoms with Crippen molar-refractivity contribution in [3.8, 4) is 0 Å². The predicted molar refractivity (Wildman–Crippen MR) is 289 cm³/mol. The van der Waals surface area contributed by atoms with Gasteiger partial charge >= 0.3 is 17.9 Å². The molecule has 6 heteroatoms. The van der Waals surface area contributed by atoms with E-state index in [0.717, 1.165) is 57.8 Å². The molecule has 0 saturated heterocycles. The van der Waals surface area contributed by atoms with Crippen LogP contribution >= 0.6 is 0 Å². The van der Waals surface area contributed by atoms with E-state index < -0.39 is 6.10 Å². The van der Waals surface area contributed by atoms with Gasteiger partial charge in [-0.1, -0.05) is 316 Å². The molecule has 0 amide bonds. The van der Waals surface area contributed by atoms with Crippen LogP contribution in [0.3, 0.4) is 0 Å². The zero-order valence-corrected chi connectivity index (χ0v) is 45.7. The van der Waals surface area contributed by atoms with Crippen LogP contribution in [0.4, 0.5) is 0 Å². The van der Waals surface area contributed by atoms with Gasteiger partial charge in [-0.3, -0.25) is 14.4 Å². The average molecular weight is 948 g/mol. The van der Waals surface area contributed by atoms with Gasteiger partial charge in [0.1, 0.15) is 13.2 Å². The lowest BCUT2D eigenvalue weighted by Crippen LogP contribution is -2.30. The van der Waals surface area contributed by atoms with E-state index in [1.165, 1.54) is 257 Å². The van der Waals surface area contributed by atoms with Crippen molar-refractivity contribution in [1.29, 1.82) is 0 Å². The first kappa shape index (κ1) is 65.4. The summed E-state index contributed by atoms with van der Waals surface area (Å²) in [5, 5.41) is 0. The summed E-state index contributed by atoms with van der Waals surface area (Å²) in [6, 6.07) is 0. The van der Waals surface area contributed by atoms with Gasteiger partial charge in [0.2, 0.25) is 0 Å². The Hall–Kier alpha value is -1.59. The van der Waals surface area contributed by atoms with Crippen molar-refractivity contribution in [3.05, 3.63) is 0 Å². The molecule has 398 valence electrons. The first-order valence-corrected chi connectivity index (χ1v) is 30.5. The third-order valence-corrected chi connectivity index (χ3v) is 14.1. The first-order chi connectivity index (χ1) is 33.0. The van der Waals surface area contributed by atoms with E-state index in [1.807, 2.05) is 0 Å². The predicted octanol–water partition coefficient (Wildman–Crippen LogP) is 20.3. The van der Waals surface area contributed by atoms with E-state index in [1.54, 1.807) is 0 Å². The van der Waals surface area contributed by atoms with E-state index in [9.17, 15) is 14.4 Å². The van der Waals surface area contributed by atoms with Gasteiger partial charge in [-0.25, -0.2) is 0 Å². The van der Waals surface area contributed by atoms with Crippen LogP contribution in [0, 0.1) is 0 Å². The summed E-state index contributed by atoms with van der Waals surface area (Å²) in [6.07, 6.45) is 64.1. The molecule has 0 spiro atoms. The van der Waals surface area contributed by atoms with E-state index in [4.69, 9.17) is 14.2 Å².